The Hall–Kier alpha value is -2.98. The summed E-state index contributed by atoms with van der Waals surface area (Å²) in [5.41, 5.74) is 8.18. The van der Waals surface area contributed by atoms with E-state index >= 15 is 0 Å². The number of ether oxygens (including phenoxy) is 2. The number of carbonyl (C=O) groups is 1. The Morgan fingerprint density at radius 1 is 1.45 bits per heavy atom. The van der Waals surface area contributed by atoms with Gasteiger partial charge in [0.05, 0.1) is 22.8 Å². The summed E-state index contributed by atoms with van der Waals surface area (Å²) in [6.07, 6.45) is 3.49. The maximum atomic E-state index is 11.8. The van der Waals surface area contributed by atoms with E-state index in [1.54, 1.807) is 24.0 Å². The molecule has 1 fully saturated rings. The van der Waals surface area contributed by atoms with Gasteiger partial charge >= 0.3 is 0 Å². The topological polar surface area (TPSA) is 126 Å². The summed E-state index contributed by atoms with van der Waals surface area (Å²) < 4.78 is 12.5. The van der Waals surface area contributed by atoms with Crippen LogP contribution in [-0.2, 0) is 24.9 Å². The van der Waals surface area contributed by atoms with Crippen molar-refractivity contribution in [1.29, 1.82) is 0 Å². The molecule has 3 heterocycles. The third-order valence-electron chi connectivity index (χ3n) is 5.39. The van der Waals surface area contributed by atoms with Crippen LogP contribution in [0, 0.1) is 10.1 Å². The van der Waals surface area contributed by atoms with E-state index in [2.05, 4.69) is 10.00 Å². The molecule has 1 atom stereocenters. The average Bonchev–Trinajstić information content (AvgIpc) is 3.10. The predicted octanol–water partition coefficient (Wildman–Crippen LogP) is 1.67. The third kappa shape index (κ3) is 3.94. The standard InChI is InChI=1S/C19H23N5O5/c1-22-9-16(19(20)25)17(21-22)12-3-2-4-23(7-12)8-13-5-15(24(26)27)6-14-10-28-11-29-18(13)14/h5-6,9,12H,2-4,7-8,10-11H2,1H3,(H2,20,25)/t12-/m0/s1. The summed E-state index contributed by atoms with van der Waals surface area (Å²) in [6.45, 7) is 2.48. The molecule has 154 valence electrons. The van der Waals surface area contributed by atoms with Crippen LogP contribution in [0.4, 0.5) is 5.69 Å². The molecule has 0 bridgehead atoms. The first kappa shape index (κ1) is 19.3. The van der Waals surface area contributed by atoms with Crippen LogP contribution < -0.4 is 10.5 Å². The molecule has 10 nitrogen and oxygen atoms in total. The van der Waals surface area contributed by atoms with Crippen molar-refractivity contribution in [3.63, 3.8) is 0 Å². The summed E-state index contributed by atoms with van der Waals surface area (Å²) in [5, 5.41) is 15.8. The van der Waals surface area contributed by atoms with Crippen LogP contribution in [0.15, 0.2) is 18.3 Å². The zero-order chi connectivity index (χ0) is 20.5. The minimum Gasteiger partial charge on any atom is -0.467 e. The first-order valence-electron chi connectivity index (χ1n) is 9.49. The van der Waals surface area contributed by atoms with E-state index < -0.39 is 10.8 Å². The van der Waals surface area contributed by atoms with Crippen molar-refractivity contribution >= 4 is 11.6 Å². The number of aromatic nitrogens is 2. The van der Waals surface area contributed by atoms with Crippen molar-refractivity contribution in [3.05, 3.63) is 50.8 Å². The van der Waals surface area contributed by atoms with E-state index in [-0.39, 0.29) is 18.4 Å². The van der Waals surface area contributed by atoms with Gasteiger partial charge in [0.15, 0.2) is 6.79 Å². The van der Waals surface area contributed by atoms with Gasteiger partial charge in [-0.3, -0.25) is 24.5 Å². The fraction of sp³-hybridized carbons (Fsp3) is 0.474. The fourth-order valence-corrected chi connectivity index (χ4v) is 4.16. The van der Waals surface area contributed by atoms with Crippen molar-refractivity contribution < 1.29 is 19.2 Å². The van der Waals surface area contributed by atoms with Gasteiger partial charge in [0.1, 0.15) is 5.75 Å². The van der Waals surface area contributed by atoms with E-state index in [4.69, 9.17) is 15.2 Å². The van der Waals surface area contributed by atoms with Crippen molar-refractivity contribution in [2.45, 2.75) is 31.9 Å². The fourth-order valence-electron chi connectivity index (χ4n) is 4.16. The number of likely N-dealkylation sites (tertiary alicyclic amines) is 1. The summed E-state index contributed by atoms with van der Waals surface area (Å²) in [7, 11) is 1.77. The molecular formula is C19H23N5O5. The Labute approximate surface area is 167 Å². The van der Waals surface area contributed by atoms with Gasteiger partial charge in [-0.1, -0.05) is 0 Å². The normalized spacial score (nSPS) is 19.4. The van der Waals surface area contributed by atoms with Gasteiger partial charge in [-0.15, -0.1) is 0 Å². The number of benzene rings is 1. The number of nitro groups is 1. The highest BCUT2D eigenvalue weighted by molar-refractivity contribution is 5.93. The van der Waals surface area contributed by atoms with E-state index in [0.717, 1.165) is 30.6 Å². The molecule has 2 aliphatic rings. The minimum absolute atomic E-state index is 0.0298. The Bertz CT molecular complexity index is 957. The Morgan fingerprint density at radius 3 is 3.03 bits per heavy atom. The molecule has 1 saturated heterocycles. The molecule has 0 spiro atoms. The number of hydrogen-bond donors (Lipinski definition) is 1. The molecular weight excluding hydrogens is 378 g/mol. The number of non-ortho nitro benzene ring substituents is 1. The van der Waals surface area contributed by atoms with Crippen molar-refractivity contribution in [2.24, 2.45) is 12.8 Å². The van der Waals surface area contributed by atoms with Gasteiger partial charge in [0, 0.05) is 55.5 Å². The molecule has 29 heavy (non-hydrogen) atoms. The molecule has 0 saturated carbocycles. The maximum Gasteiger partial charge on any atom is 0.270 e. The number of aryl methyl sites for hydroxylation is 1. The molecule has 2 aliphatic heterocycles. The zero-order valence-corrected chi connectivity index (χ0v) is 16.2. The number of nitrogens with zero attached hydrogens (tertiary/aromatic N) is 4. The average molecular weight is 401 g/mol. The monoisotopic (exact) mass is 401 g/mol. The van der Waals surface area contributed by atoms with E-state index in [0.29, 0.717) is 36.6 Å². The third-order valence-corrected chi connectivity index (χ3v) is 5.39. The summed E-state index contributed by atoms with van der Waals surface area (Å²) in [6, 6.07) is 3.08. The van der Waals surface area contributed by atoms with Crippen molar-refractivity contribution in [2.75, 3.05) is 19.9 Å². The van der Waals surface area contributed by atoms with Crippen LogP contribution in [0.3, 0.4) is 0 Å². The molecule has 2 aromatic rings. The Kier molecular flexibility index (Phi) is 5.20. The van der Waals surface area contributed by atoms with Gasteiger partial charge in [-0.25, -0.2) is 0 Å². The number of piperidine rings is 1. The Morgan fingerprint density at radius 2 is 2.28 bits per heavy atom. The number of carbonyl (C=O) groups excluding carboxylic acids is 1. The number of amides is 1. The smallest absolute Gasteiger partial charge is 0.270 e. The van der Waals surface area contributed by atoms with Gasteiger partial charge in [-0.2, -0.15) is 5.10 Å². The van der Waals surface area contributed by atoms with Gasteiger partial charge in [-0.05, 0) is 19.4 Å². The molecule has 10 heteroatoms. The van der Waals surface area contributed by atoms with Crippen LogP contribution in [0.2, 0.25) is 0 Å². The van der Waals surface area contributed by atoms with E-state index in [9.17, 15) is 14.9 Å². The first-order valence-corrected chi connectivity index (χ1v) is 9.49. The highest BCUT2D eigenvalue weighted by Crippen LogP contribution is 2.35. The number of hydrogen-bond acceptors (Lipinski definition) is 7. The minimum atomic E-state index is -0.480. The van der Waals surface area contributed by atoms with Crippen LogP contribution in [0.25, 0.3) is 0 Å². The quantitative estimate of drug-likeness (QED) is 0.596. The van der Waals surface area contributed by atoms with Crippen LogP contribution >= 0.6 is 0 Å². The molecule has 0 unspecified atom stereocenters. The number of nitrogens with two attached hydrogens (primary N) is 1. The lowest BCUT2D eigenvalue weighted by atomic mass is 9.92. The molecule has 1 amide bonds. The predicted molar refractivity (Wildman–Crippen MR) is 102 cm³/mol. The lowest BCUT2D eigenvalue weighted by Crippen LogP contribution is -2.35. The molecule has 1 aromatic heterocycles. The van der Waals surface area contributed by atoms with Gasteiger partial charge in [0.25, 0.3) is 11.6 Å². The second-order valence-corrected chi connectivity index (χ2v) is 7.50. The number of nitro benzene ring substituents is 1. The van der Waals surface area contributed by atoms with Crippen molar-refractivity contribution in [3.8, 4) is 5.75 Å². The largest absolute Gasteiger partial charge is 0.467 e. The maximum absolute atomic E-state index is 11.8. The van der Waals surface area contributed by atoms with Crippen molar-refractivity contribution in [1.82, 2.24) is 14.7 Å². The highest BCUT2D eigenvalue weighted by atomic mass is 16.7. The van der Waals surface area contributed by atoms with Crippen LogP contribution in [-0.4, -0.2) is 45.4 Å². The summed E-state index contributed by atoms with van der Waals surface area (Å²) >= 11 is 0. The lowest BCUT2D eigenvalue weighted by molar-refractivity contribution is -0.385. The second kappa shape index (κ2) is 7.80. The molecule has 0 aliphatic carbocycles. The van der Waals surface area contributed by atoms with Gasteiger partial charge < -0.3 is 15.2 Å². The van der Waals surface area contributed by atoms with Gasteiger partial charge in [0.2, 0.25) is 0 Å². The van der Waals surface area contributed by atoms with E-state index in [1.807, 2.05) is 0 Å². The van der Waals surface area contributed by atoms with Crippen LogP contribution in [0.1, 0.15) is 45.9 Å². The molecule has 2 N–H and O–H groups in total. The number of fused-ring (bicyclic) bond motifs is 1. The van der Waals surface area contributed by atoms with E-state index in [1.165, 1.54) is 6.07 Å². The molecule has 1 aromatic carbocycles. The lowest BCUT2D eigenvalue weighted by Gasteiger charge is -2.33. The summed E-state index contributed by atoms with van der Waals surface area (Å²) in [4.78, 5) is 24.9. The SMILES string of the molecule is Cn1cc(C(N)=O)c([C@H]2CCCN(Cc3cc([N+](=O)[O-])cc4c3OCOC4)C2)n1. The Balaban J connectivity index is 1.58. The second-order valence-electron chi connectivity index (χ2n) is 7.50. The first-order chi connectivity index (χ1) is 13.9. The highest BCUT2D eigenvalue weighted by Gasteiger charge is 2.29. The zero-order valence-electron chi connectivity index (χ0n) is 16.2. The number of primary amides is 1. The van der Waals surface area contributed by atoms with Crippen LogP contribution in [0.5, 0.6) is 5.75 Å². The summed E-state index contributed by atoms with van der Waals surface area (Å²) in [5.74, 6) is 0.261. The number of rotatable bonds is 5. The molecule has 4 rings (SSSR count). The molecule has 0 radical (unpaired) electrons.